The van der Waals surface area contributed by atoms with Crippen LogP contribution >= 0.6 is 23.7 Å². The predicted molar refractivity (Wildman–Crippen MR) is 81.5 cm³/mol. The van der Waals surface area contributed by atoms with Crippen LogP contribution in [0.15, 0.2) is 34.3 Å². The Hall–Kier alpha value is -1.18. The zero-order chi connectivity index (χ0) is 15.0. The smallest absolute Gasteiger partial charge is 0.274 e. The first-order valence-corrected chi connectivity index (χ1v) is 8.46. The van der Waals surface area contributed by atoms with E-state index >= 15 is 0 Å². The molecule has 1 heterocycles. The third-order valence-corrected chi connectivity index (χ3v) is 4.52. The number of hydrogen-bond acceptors (Lipinski definition) is 5. The van der Waals surface area contributed by atoms with Gasteiger partial charge in [-0.25, -0.2) is 9.97 Å². The summed E-state index contributed by atoms with van der Waals surface area (Å²) in [5, 5.41) is 5.94. The Morgan fingerprint density at radius 3 is 2.81 bits per heavy atom. The molecule has 0 atom stereocenters. The van der Waals surface area contributed by atoms with Gasteiger partial charge in [0.25, 0.3) is 5.92 Å². The molecule has 2 aromatic rings. The van der Waals surface area contributed by atoms with E-state index in [0.717, 1.165) is 22.4 Å². The van der Waals surface area contributed by atoms with Crippen molar-refractivity contribution in [2.24, 2.45) is 5.14 Å². The number of nitrogens with two attached hydrogens (primary N) is 1. The molecular weight excluding hydrogens is 312 g/mol. The molecule has 7 heteroatoms. The van der Waals surface area contributed by atoms with E-state index in [2.05, 4.69) is 9.97 Å². The highest BCUT2D eigenvalue weighted by molar-refractivity contribution is 7.98. The van der Waals surface area contributed by atoms with E-state index in [1.807, 2.05) is 24.3 Å². The molecule has 0 fully saturated rings. The van der Waals surface area contributed by atoms with Gasteiger partial charge >= 0.3 is 0 Å². The van der Waals surface area contributed by atoms with E-state index in [-0.39, 0.29) is 12.1 Å². The lowest BCUT2D eigenvalue weighted by molar-refractivity contribution is -0.00650. The van der Waals surface area contributed by atoms with Gasteiger partial charge in [0.2, 0.25) is 0 Å². The number of aromatic nitrogens is 2. The highest BCUT2D eigenvalue weighted by Gasteiger charge is 2.43. The summed E-state index contributed by atoms with van der Waals surface area (Å²) in [4.78, 5) is 9.34. The quantitative estimate of drug-likeness (QED) is 0.527. The summed E-state index contributed by atoms with van der Waals surface area (Å²) in [6.45, 7) is 0. The van der Waals surface area contributed by atoms with E-state index in [1.165, 1.54) is 11.8 Å². The Morgan fingerprint density at radius 2 is 2.10 bits per heavy atom. The number of nitrogens with zero attached hydrogens (tertiary/aromatic N) is 2. The van der Waals surface area contributed by atoms with Gasteiger partial charge in [0.15, 0.2) is 5.16 Å². The first-order valence-electron chi connectivity index (χ1n) is 6.35. The second-order valence-electron chi connectivity index (χ2n) is 4.74. The van der Waals surface area contributed by atoms with Crippen LogP contribution in [0, 0.1) is 0 Å². The minimum absolute atomic E-state index is 0.123. The Kier molecular flexibility index (Phi) is 3.90. The molecule has 3 rings (SSSR count). The maximum atomic E-state index is 14.0. The summed E-state index contributed by atoms with van der Waals surface area (Å²) < 4.78 is 27.9. The Labute approximate surface area is 129 Å². The standard InChI is InChI=1S/C14H13F2N3S2/c1-20-13-18-11(8-3-2-4-9(7-8)21-17)10-5-6-14(15,16)12(10)19-13/h2-4,7H,5-6,17H2,1H3. The summed E-state index contributed by atoms with van der Waals surface area (Å²) in [6.07, 6.45) is 1.88. The van der Waals surface area contributed by atoms with Gasteiger partial charge in [0.1, 0.15) is 5.69 Å². The monoisotopic (exact) mass is 325 g/mol. The van der Waals surface area contributed by atoms with E-state index in [4.69, 9.17) is 5.14 Å². The highest BCUT2D eigenvalue weighted by Crippen LogP contribution is 2.44. The molecule has 0 saturated heterocycles. The van der Waals surface area contributed by atoms with Crippen molar-refractivity contribution in [1.82, 2.24) is 9.97 Å². The van der Waals surface area contributed by atoms with E-state index in [9.17, 15) is 8.78 Å². The lowest BCUT2D eigenvalue weighted by Crippen LogP contribution is -2.11. The molecule has 1 aromatic carbocycles. The Balaban J connectivity index is 2.21. The molecule has 2 N–H and O–H groups in total. The van der Waals surface area contributed by atoms with Crippen LogP contribution in [0.3, 0.4) is 0 Å². The van der Waals surface area contributed by atoms with Crippen molar-refractivity contribution in [2.75, 3.05) is 6.26 Å². The van der Waals surface area contributed by atoms with Crippen molar-refractivity contribution < 1.29 is 8.78 Å². The SMILES string of the molecule is CSc1nc(-c2cccc(SN)c2)c2c(n1)C(F)(F)CC2. The molecule has 1 aliphatic rings. The Bertz CT molecular complexity index is 692. The van der Waals surface area contributed by atoms with Crippen molar-refractivity contribution >= 4 is 23.7 Å². The largest absolute Gasteiger partial charge is 0.290 e. The number of benzene rings is 1. The van der Waals surface area contributed by atoms with Gasteiger partial charge in [-0.3, -0.25) is 5.14 Å². The van der Waals surface area contributed by atoms with Crippen LogP contribution in [0.5, 0.6) is 0 Å². The van der Waals surface area contributed by atoms with Crippen LogP contribution in [-0.2, 0) is 12.3 Å². The first-order chi connectivity index (χ1) is 10.0. The van der Waals surface area contributed by atoms with Gasteiger partial charge in [-0.2, -0.15) is 8.78 Å². The maximum absolute atomic E-state index is 14.0. The van der Waals surface area contributed by atoms with E-state index in [1.54, 1.807) is 6.26 Å². The van der Waals surface area contributed by atoms with Crippen molar-refractivity contribution in [2.45, 2.75) is 28.8 Å². The molecule has 110 valence electrons. The average molecular weight is 325 g/mol. The second-order valence-corrected chi connectivity index (χ2v) is 6.22. The fraction of sp³-hybridized carbons (Fsp3) is 0.286. The molecule has 1 aliphatic carbocycles. The molecular formula is C14H13F2N3S2. The summed E-state index contributed by atoms with van der Waals surface area (Å²) >= 11 is 2.39. The van der Waals surface area contributed by atoms with Crippen molar-refractivity contribution in [1.29, 1.82) is 0 Å². The van der Waals surface area contributed by atoms with Gasteiger partial charge in [0.05, 0.1) is 5.69 Å². The number of alkyl halides is 2. The number of thioether (sulfide) groups is 1. The second kappa shape index (κ2) is 5.55. The average Bonchev–Trinajstić information content (AvgIpc) is 2.82. The fourth-order valence-corrected chi connectivity index (χ4v) is 3.17. The van der Waals surface area contributed by atoms with E-state index in [0.29, 0.717) is 22.8 Å². The van der Waals surface area contributed by atoms with Crippen LogP contribution in [0.25, 0.3) is 11.3 Å². The number of hydrogen-bond donors (Lipinski definition) is 1. The lowest BCUT2D eigenvalue weighted by atomic mass is 10.1. The molecule has 3 nitrogen and oxygen atoms in total. The molecule has 0 saturated carbocycles. The summed E-state index contributed by atoms with van der Waals surface area (Å²) in [6, 6.07) is 7.46. The molecule has 0 bridgehead atoms. The minimum Gasteiger partial charge on any atom is -0.274 e. The topological polar surface area (TPSA) is 51.8 Å². The normalized spacial score (nSPS) is 16.0. The first kappa shape index (κ1) is 14.7. The predicted octanol–water partition coefficient (Wildman–Crippen LogP) is 3.87. The highest BCUT2D eigenvalue weighted by atomic mass is 32.2. The third kappa shape index (κ3) is 2.65. The Morgan fingerprint density at radius 1 is 1.29 bits per heavy atom. The lowest BCUT2D eigenvalue weighted by Gasteiger charge is -2.12. The molecule has 0 radical (unpaired) electrons. The van der Waals surface area contributed by atoms with Gasteiger partial charge < -0.3 is 0 Å². The molecule has 21 heavy (non-hydrogen) atoms. The molecule has 1 aromatic heterocycles. The van der Waals surface area contributed by atoms with Crippen LogP contribution in [-0.4, -0.2) is 16.2 Å². The summed E-state index contributed by atoms with van der Waals surface area (Å²) in [7, 11) is 0. The van der Waals surface area contributed by atoms with Crippen molar-refractivity contribution in [3.8, 4) is 11.3 Å². The van der Waals surface area contributed by atoms with Crippen LogP contribution in [0.4, 0.5) is 8.78 Å². The van der Waals surface area contributed by atoms with Gasteiger partial charge in [-0.1, -0.05) is 23.9 Å². The van der Waals surface area contributed by atoms with Crippen LogP contribution in [0.1, 0.15) is 17.7 Å². The summed E-state index contributed by atoms with van der Waals surface area (Å²) in [5.41, 5.74) is 1.83. The molecule has 0 spiro atoms. The minimum atomic E-state index is -2.86. The van der Waals surface area contributed by atoms with Crippen LogP contribution < -0.4 is 5.14 Å². The molecule has 0 unspecified atom stereocenters. The van der Waals surface area contributed by atoms with Crippen molar-refractivity contribution in [3.63, 3.8) is 0 Å². The molecule has 0 amide bonds. The summed E-state index contributed by atoms with van der Waals surface area (Å²) in [5.74, 6) is -2.86. The van der Waals surface area contributed by atoms with Crippen molar-refractivity contribution in [3.05, 3.63) is 35.5 Å². The van der Waals surface area contributed by atoms with Crippen LogP contribution in [0.2, 0.25) is 0 Å². The third-order valence-electron chi connectivity index (χ3n) is 3.45. The van der Waals surface area contributed by atoms with Gasteiger partial charge in [-0.05, 0) is 36.8 Å². The van der Waals surface area contributed by atoms with E-state index < -0.39 is 5.92 Å². The van der Waals surface area contributed by atoms with Gasteiger partial charge in [-0.15, -0.1) is 0 Å². The number of rotatable bonds is 3. The van der Waals surface area contributed by atoms with Gasteiger partial charge in [0, 0.05) is 22.4 Å². The zero-order valence-corrected chi connectivity index (χ0v) is 12.9. The number of halogens is 2. The fourth-order valence-electron chi connectivity index (χ4n) is 2.45. The zero-order valence-electron chi connectivity index (χ0n) is 11.3. The number of fused-ring (bicyclic) bond motifs is 1. The maximum Gasteiger partial charge on any atom is 0.290 e. The molecule has 0 aliphatic heterocycles.